The molecule has 0 bridgehead atoms. The molecular weight excluding hydrogens is 204 g/mol. The first-order valence-electron chi connectivity index (χ1n) is 5.10. The van der Waals surface area contributed by atoms with Gasteiger partial charge in [0, 0.05) is 19.2 Å². The van der Waals surface area contributed by atoms with Gasteiger partial charge in [0.05, 0.1) is 11.6 Å². The van der Waals surface area contributed by atoms with Crippen LogP contribution < -0.4 is 11.1 Å². The summed E-state index contributed by atoms with van der Waals surface area (Å²) in [5.41, 5.74) is 5.59. The highest BCUT2D eigenvalue weighted by atomic mass is 16.1. The van der Waals surface area contributed by atoms with E-state index >= 15 is 0 Å². The summed E-state index contributed by atoms with van der Waals surface area (Å²) < 4.78 is 0. The molecule has 3 N–H and O–H groups in total. The van der Waals surface area contributed by atoms with Crippen LogP contribution in [-0.4, -0.2) is 17.4 Å². The molecule has 0 saturated carbocycles. The standard InChI is InChI=1S/C11H14N4O/c12-8-9-4-6-15-11(7-9)14-5-2-1-3-10(13)16/h4,6-7H,1-3,5H2,(H2,13,16)(H,14,15). The zero-order valence-corrected chi connectivity index (χ0v) is 8.94. The summed E-state index contributed by atoms with van der Waals surface area (Å²) in [5, 5.41) is 11.8. The van der Waals surface area contributed by atoms with E-state index in [1.165, 1.54) is 0 Å². The van der Waals surface area contributed by atoms with Gasteiger partial charge in [-0.15, -0.1) is 0 Å². The van der Waals surface area contributed by atoms with Crippen LogP contribution in [0, 0.1) is 11.3 Å². The Hall–Kier alpha value is -2.09. The van der Waals surface area contributed by atoms with E-state index in [0.29, 0.717) is 17.8 Å². The number of hydrogen-bond acceptors (Lipinski definition) is 4. The van der Waals surface area contributed by atoms with Crippen molar-refractivity contribution in [2.45, 2.75) is 19.3 Å². The highest BCUT2D eigenvalue weighted by Gasteiger charge is 1.97. The van der Waals surface area contributed by atoms with Crippen LogP contribution in [-0.2, 0) is 4.79 Å². The molecule has 0 aromatic carbocycles. The van der Waals surface area contributed by atoms with Crippen molar-refractivity contribution in [2.24, 2.45) is 5.73 Å². The molecule has 0 aliphatic carbocycles. The quantitative estimate of drug-likeness (QED) is 0.697. The molecule has 0 aliphatic rings. The van der Waals surface area contributed by atoms with E-state index in [1.54, 1.807) is 18.3 Å². The van der Waals surface area contributed by atoms with Crippen molar-refractivity contribution in [3.8, 4) is 6.07 Å². The van der Waals surface area contributed by atoms with Gasteiger partial charge in [-0.25, -0.2) is 4.98 Å². The van der Waals surface area contributed by atoms with Crippen molar-refractivity contribution in [1.82, 2.24) is 4.98 Å². The third kappa shape index (κ3) is 4.42. The van der Waals surface area contributed by atoms with Gasteiger partial charge in [0.1, 0.15) is 5.82 Å². The highest BCUT2D eigenvalue weighted by molar-refractivity contribution is 5.73. The number of hydrogen-bond donors (Lipinski definition) is 2. The van der Waals surface area contributed by atoms with Gasteiger partial charge in [0.2, 0.25) is 5.91 Å². The van der Waals surface area contributed by atoms with Gasteiger partial charge < -0.3 is 11.1 Å². The van der Waals surface area contributed by atoms with Crippen LogP contribution in [0.1, 0.15) is 24.8 Å². The average Bonchev–Trinajstić information content (AvgIpc) is 2.28. The maximum Gasteiger partial charge on any atom is 0.217 e. The van der Waals surface area contributed by atoms with E-state index in [4.69, 9.17) is 11.0 Å². The fraction of sp³-hybridized carbons (Fsp3) is 0.364. The van der Waals surface area contributed by atoms with Gasteiger partial charge in [-0.05, 0) is 25.0 Å². The number of carbonyl (C=O) groups is 1. The maximum absolute atomic E-state index is 10.5. The summed E-state index contributed by atoms with van der Waals surface area (Å²) in [5.74, 6) is 0.405. The second kappa shape index (κ2) is 6.40. The van der Waals surface area contributed by atoms with E-state index in [2.05, 4.69) is 10.3 Å². The summed E-state index contributed by atoms with van der Waals surface area (Å²) in [4.78, 5) is 14.5. The van der Waals surface area contributed by atoms with Gasteiger partial charge in [-0.1, -0.05) is 0 Å². The van der Waals surface area contributed by atoms with Crippen molar-refractivity contribution in [2.75, 3.05) is 11.9 Å². The fourth-order valence-corrected chi connectivity index (χ4v) is 1.24. The number of amides is 1. The van der Waals surface area contributed by atoms with Crippen LogP contribution in [0.4, 0.5) is 5.82 Å². The molecule has 0 aliphatic heterocycles. The van der Waals surface area contributed by atoms with Crippen LogP contribution in [0.3, 0.4) is 0 Å². The minimum absolute atomic E-state index is 0.274. The van der Waals surface area contributed by atoms with E-state index in [9.17, 15) is 4.79 Å². The van der Waals surface area contributed by atoms with Crippen LogP contribution in [0.15, 0.2) is 18.3 Å². The molecule has 16 heavy (non-hydrogen) atoms. The average molecular weight is 218 g/mol. The summed E-state index contributed by atoms with van der Waals surface area (Å²) in [6, 6.07) is 5.38. The number of nitrogens with zero attached hydrogens (tertiary/aromatic N) is 2. The van der Waals surface area contributed by atoms with Crippen LogP contribution in [0.25, 0.3) is 0 Å². The van der Waals surface area contributed by atoms with Gasteiger partial charge in [-0.2, -0.15) is 5.26 Å². The normalized spacial score (nSPS) is 9.44. The molecular formula is C11H14N4O. The minimum atomic E-state index is -0.274. The molecule has 0 spiro atoms. The SMILES string of the molecule is N#Cc1ccnc(NCCCCC(N)=O)c1. The van der Waals surface area contributed by atoms with E-state index in [-0.39, 0.29) is 5.91 Å². The monoisotopic (exact) mass is 218 g/mol. The molecule has 5 nitrogen and oxygen atoms in total. The van der Waals surface area contributed by atoms with E-state index in [1.807, 2.05) is 6.07 Å². The first kappa shape index (κ1) is 12.0. The van der Waals surface area contributed by atoms with Crippen LogP contribution in [0.2, 0.25) is 0 Å². The first-order chi connectivity index (χ1) is 7.72. The second-order valence-corrected chi connectivity index (χ2v) is 3.39. The zero-order chi connectivity index (χ0) is 11.8. The molecule has 0 unspecified atom stereocenters. The third-order valence-electron chi connectivity index (χ3n) is 2.05. The molecule has 0 fully saturated rings. The first-order valence-corrected chi connectivity index (χ1v) is 5.10. The Balaban J connectivity index is 2.27. The lowest BCUT2D eigenvalue weighted by Gasteiger charge is -2.04. The van der Waals surface area contributed by atoms with Crippen molar-refractivity contribution < 1.29 is 4.79 Å². The van der Waals surface area contributed by atoms with Gasteiger partial charge in [0.25, 0.3) is 0 Å². The molecule has 1 aromatic heterocycles. The Morgan fingerprint density at radius 2 is 2.38 bits per heavy atom. The molecule has 1 amide bonds. The predicted molar refractivity (Wildman–Crippen MR) is 60.5 cm³/mol. The largest absolute Gasteiger partial charge is 0.370 e. The Bertz CT molecular complexity index is 397. The molecule has 0 atom stereocenters. The Labute approximate surface area is 94.3 Å². The lowest BCUT2D eigenvalue weighted by atomic mass is 10.2. The lowest BCUT2D eigenvalue weighted by molar-refractivity contribution is -0.118. The van der Waals surface area contributed by atoms with Gasteiger partial charge >= 0.3 is 0 Å². The number of nitrogens with one attached hydrogen (secondary N) is 1. The number of unbranched alkanes of at least 4 members (excludes halogenated alkanes) is 1. The smallest absolute Gasteiger partial charge is 0.217 e. The number of nitrogens with two attached hydrogens (primary N) is 1. The number of nitriles is 1. The van der Waals surface area contributed by atoms with Gasteiger partial charge in [0.15, 0.2) is 0 Å². The van der Waals surface area contributed by atoms with Crippen molar-refractivity contribution >= 4 is 11.7 Å². The lowest BCUT2D eigenvalue weighted by Crippen LogP contribution is -2.11. The van der Waals surface area contributed by atoms with Crippen molar-refractivity contribution in [1.29, 1.82) is 5.26 Å². The molecule has 1 heterocycles. The summed E-state index contributed by atoms with van der Waals surface area (Å²) >= 11 is 0. The Morgan fingerprint density at radius 3 is 3.06 bits per heavy atom. The number of rotatable bonds is 6. The topological polar surface area (TPSA) is 91.8 Å². The minimum Gasteiger partial charge on any atom is -0.370 e. The fourth-order valence-electron chi connectivity index (χ4n) is 1.24. The van der Waals surface area contributed by atoms with E-state index in [0.717, 1.165) is 19.4 Å². The third-order valence-corrected chi connectivity index (χ3v) is 2.05. The number of aromatic nitrogens is 1. The second-order valence-electron chi connectivity index (χ2n) is 3.39. The summed E-state index contributed by atoms with van der Waals surface area (Å²) in [6.07, 6.45) is 3.61. The molecule has 5 heteroatoms. The maximum atomic E-state index is 10.5. The van der Waals surface area contributed by atoms with Crippen molar-refractivity contribution in [3.05, 3.63) is 23.9 Å². The Morgan fingerprint density at radius 1 is 1.56 bits per heavy atom. The molecule has 84 valence electrons. The number of carbonyl (C=O) groups excluding carboxylic acids is 1. The van der Waals surface area contributed by atoms with Crippen LogP contribution >= 0.6 is 0 Å². The summed E-state index contributed by atoms with van der Waals surface area (Å²) in [7, 11) is 0. The Kier molecular flexibility index (Phi) is 4.80. The zero-order valence-electron chi connectivity index (χ0n) is 8.94. The van der Waals surface area contributed by atoms with Gasteiger partial charge in [-0.3, -0.25) is 4.79 Å². The number of anilines is 1. The van der Waals surface area contributed by atoms with E-state index < -0.39 is 0 Å². The number of primary amides is 1. The van der Waals surface area contributed by atoms with Crippen molar-refractivity contribution in [3.63, 3.8) is 0 Å². The molecule has 1 rings (SSSR count). The highest BCUT2D eigenvalue weighted by Crippen LogP contribution is 2.05. The molecule has 1 aromatic rings. The number of pyridine rings is 1. The molecule has 0 saturated heterocycles. The predicted octanol–water partition coefficient (Wildman–Crippen LogP) is 1.02. The molecule has 0 radical (unpaired) electrons. The summed E-state index contributed by atoms with van der Waals surface area (Å²) in [6.45, 7) is 0.717. The van der Waals surface area contributed by atoms with Crippen LogP contribution in [0.5, 0.6) is 0 Å².